The molecule has 2 aromatic carbocycles. The first kappa shape index (κ1) is 12.8. The zero-order valence-corrected chi connectivity index (χ0v) is 11.7. The number of aryl methyl sites for hydroxylation is 1. The number of benzene rings is 2. The molecular weight excluding hydrogens is 272 g/mol. The van der Waals surface area contributed by atoms with Gasteiger partial charge >= 0.3 is 0 Å². The number of carbonyl (C=O) groups is 1. The van der Waals surface area contributed by atoms with Crippen molar-refractivity contribution >= 4 is 34.0 Å². The van der Waals surface area contributed by atoms with E-state index in [2.05, 4.69) is 4.98 Å². The van der Waals surface area contributed by atoms with Gasteiger partial charge in [-0.25, -0.2) is 0 Å². The van der Waals surface area contributed by atoms with Crippen LogP contribution < -0.4 is 5.73 Å². The third kappa shape index (κ3) is 1.87. The second-order valence-corrected chi connectivity index (χ2v) is 5.11. The summed E-state index contributed by atoms with van der Waals surface area (Å²) in [5.74, 6) is -0.150. The standard InChI is InChI=1S/C16H13ClN2O/c1-9-14(10-5-2-3-8-13(10)19-9)16(20)15-11(17)6-4-7-12(15)18/h2-8,19H,18H2,1H3. The molecule has 0 atom stereocenters. The Morgan fingerprint density at radius 3 is 2.60 bits per heavy atom. The zero-order chi connectivity index (χ0) is 14.3. The van der Waals surface area contributed by atoms with Crippen LogP contribution in [0.15, 0.2) is 42.5 Å². The lowest BCUT2D eigenvalue weighted by molar-refractivity contribution is 0.104. The van der Waals surface area contributed by atoms with E-state index in [9.17, 15) is 4.79 Å². The molecule has 3 nitrogen and oxygen atoms in total. The molecule has 3 rings (SSSR count). The van der Waals surface area contributed by atoms with Crippen LogP contribution in [0.4, 0.5) is 5.69 Å². The molecule has 0 aliphatic rings. The first-order valence-corrected chi connectivity index (χ1v) is 6.63. The van der Waals surface area contributed by atoms with Crippen LogP contribution in [-0.2, 0) is 0 Å². The quantitative estimate of drug-likeness (QED) is 0.553. The molecule has 0 radical (unpaired) electrons. The number of halogens is 1. The van der Waals surface area contributed by atoms with Crippen molar-refractivity contribution in [3.05, 3.63) is 64.3 Å². The van der Waals surface area contributed by atoms with E-state index in [1.54, 1.807) is 18.2 Å². The molecule has 0 fully saturated rings. The fraction of sp³-hybridized carbons (Fsp3) is 0.0625. The van der Waals surface area contributed by atoms with Crippen molar-refractivity contribution in [2.75, 3.05) is 5.73 Å². The number of para-hydroxylation sites is 1. The van der Waals surface area contributed by atoms with Gasteiger partial charge in [0, 0.05) is 22.3 Å². The molecule has 0 aliphatic carbocycles. The van der Waals surface area contributed by atoms with Gasteiger partial charge in [-0.15, -0.1) is 0 Å². The van der Waals surface area contributed by atoms with E-state index in [4.69, 9.17) is 17.3 Å². The maximum absolute atomic E-state index is 12.8. The summed E-state index contributed by atoms with van der Waals surface area (Å²) in [4.78, 5) is 16.0. The molecule has 4 heteroatoms. The van der Waals surface area contributed by atoms with Crippen LogP contribution >= 0.6 is 11.6 Å². The van der Waals surface area contributed by atoms with Crippen LogP contribution in [0.2, 0.25) is 5.02 Å². The summed E-state index contributed by atoms with van der Waals surface area (Å²) in [5.41, 5.74) is 9.04. The highest BCUT2D eigenvalue weighted by Crippen LogP contribution is 2.30. The van der Waals surface area contributed by atoms with Crippen LogP contribution in [0, 0.1) is 6.92 Å². The molecule has 1 heterocycles. The summed E-state index contributed by atoms with van der Waals surface area (Å²) in [5, 5.41) is 1.26. The topological polar surface area (TPSA) is 58.9 Å². The van der Waals surface area contributed by atoms with Gasteiger partial charge in [-0.3, -0.25) is 4.79 Å². The number of carbonyl (C=O) groups excluding carboxylic acids is 1. The SMILES string of the molecule is Cc1[nH]c2ccccc2c1C(=O)c1c(N)cccc1Cl. The minimum atomic E-state index is -0.150. The molecule has 0 spiro atoms. The summed E-state index contributed by atoms with van der Waals surface area (Å²) >= 11 is 6.13. The van der Waals surface area contributed by atoms with E-state index in [1.807, 2.05) is 31.2 Å². The van der Waals surface area contributed by atoms with Gasteiger partial charge < -0.3 is 10.7 Å². The van der Waals surface area contributed by atoms with Gasteiger partial charge in [0.1, 0.15) is 0 Å². The first-order chi connectivity index (χ1) is 9.59. The smallest absolute Gasteiger partial charge is 0.199 e. The Morgan fingerprint density at radius 2 is 1.85 bits per heavy atom. The third-order valence-corrected chi connectivity index (χ3v) is 3.71. The van der Waals surface area contributed by atoms with Crippen molar-refractivity contribution in [1.29, 1.82) is 0 Å². The molecule has 100 valence electrons. The predicted octanol–water partition coefficient (Wildman–Crippen LogP) is 3.94. The molecular formula is C16H13ClN2O. The molecule has 0 amide bonds. The number of nitrogen functional groups attached to an aromatic ring is 1. The Hall–Kier alpha value is -2.26. The van der Waals surface area contributed by atoms with Crippen LogP contribution in [0.3, 0.4) is 0 Å². The lowest BCUT2D eigenvalue weighted by Gasteiger charge is -2.07. The minimum absolute atomic E-state index is 0.150. The van der Waals surface area contributed by atoms with Gasteiger partial charge in [-0.05, 0) is 25.1 Å². The van der Waals surface area contributed by atoms with Gasteiger partial charge in [0.2, 0.25) is 0 Å². The molecule has 0 saturated carbocycles. The lowest BCUT2D eigenvalue weighted by atomic mass is 9.99. The highest BCUT2D eigenvalue weighted by atomic mass is 35.5. The highest BCUT2D eigenvalue weighted by Gasteiger charge is 2.21. The number of rotatable bonds is 2. The van der Waals surface area contributed by atoms with Crippen molar-refractivity contribution in [3.8, 4) is 0 Å². The van der Waals surface area contributed by atoms with Crippen molar-refractivity contribution in [3.63, 3.8) is 0 Å². The van der Waals surface area contributed by atoms with Gasteiger partial charge in [0.05, 0.1) is 16.1 Å². The van der Waals surface area contributed by atoms with Gasteiger partial charge in [-0.1, -0.05) is 35.9 Å². The maximum Gasteiger partial charge on any atom is 0.199 e. The molecule has 0 bridgehead atoms. The number of nitrogens with two attached hydrogens (primary N) is 1. The number of aromatic amines is 1. The highest BCUT2D eigenvalue weighted by molar-refractivity contribution is 6.36. The average molecular weight is 285 g/mol. The maximum atomic E-state index is 12.8. The Bertz CT molecular complexity index is 800. The Morgan fingerprint density at radius 1 is 1.10 bits per heavy atom. The summed E-state index contributed by atoms with van der Waals surface area (Å²) in [6.45, 7) is 1.88. The van der Waals surface area contributed by atoms with E-state index < -0.39 is 0 Å². The normalized spacial score (nSPS) is 10.9. The number of aromatic nitrogens is 1. The molecule has 1 aromatic heterocycles. The number of nitrogens with one attached hydrogen (secondary N) is 1. The molecule has 0 unspecified atom stereocenters. The first-order valence-electron chi connectivity index (χ1n) is 6.25. The van der Waals surface area contributed by atoms with Crippen molar-refractivity contribution in [2.24, 2.45) is 0 Å². The fourth-order valence-corrected chi connectivity index (χ4v) is 2.74. The van der Waals surface area contributed by atoms with Crippen LogP contribution in [0.1, 0.15) is 21.6 Å². The van der Waals surface area contributed by atoms with Crippen LogP contribution in [0.5, 0.6) is 0 Å². The predicted molar refractivity (Wildman–Crippen MR) is 82.3 cm³/mol. The van der Waals surface area contributed by atoms with E-state index in [0.29, 0.717) is 21.8 Å². The summed E-state index contributed by atoms with van der Waals surface area (Å²) in [7, 11) is 0. The van der Waals surface area contributed by atoms with E-state index >= 15 is 0 Å². The number of fused-ring (bicyclic) bond motifs is 1. The van der Waals surface area contributed by atoms with Crippen molar-refractivity contribution in [2.45, 2.75) is 6.92 Å². The van der Waals surface area contributed by atoms with Crippen LogP contribution in [0.25, 0.3) is 10.9 Å². The summed E-state index contributed by atoms with van der Waals surface area (Å²) < 4.78 is 0. The van der Waals surface area contributed by atoms with Gasteiger partial charge in [-0.2, -0.15) is 0 Å². The molecule has 3 aromatic rings. The number of ketones is 1. The van der Waals surface area contributed by atoms with Crippen molar-refractivity contribution in [1.82, 2.24) is 4.98 Å². The van der Waals surface area contributed by atoms with E-state index in [1.165, 1.54) is 0 Å². The molecule has 3 N–H and O–H groups in total. The van der Waals surface area contributed by atoms with Gasteiger partial charge in [0.15, 0.2) is 5.78 Å². The van der Waals surface area contributed by atoms with Crippen LogP contribution in [-0.4, -0.2) is 10.8 Å². The van der Waals surface area contributed by atoms with E-state index in [-0.39, 0.29) is 5.78 Å². The molecule has 20 heavy (non-hydrogen) atoms. The number of hydrogen-bond acceptors (Lipinski definition) is 2. The summed E-state index contributed by atoms with van der Waals surface area (Å²) in [6.07, 6.45) is 0. The zero-order valence-electron chi connectivity index (χ0n) is 10.9. The minimum Gasteiger partial charge on any atom is -0.398 e. The number of H-pyrrole nitrogens is 1. The largest absolute Gasteiger partial charge is 0.398 e. The second kappa shape index (κ2) is 4.69. The molecule has 0 aliphatic heterocycles. The molecule has 0 saturated heterocycles. The average Bonchev–Trinajstić information content (AvgIpc) is 2.74. The Balaban J connectivity index is 2.26. The van der Waals surface area contributed by atoms with E-state index in [0.717, 1.165) is 16.6 Å². The third-order valence-electron chi connectivity index (χ3n) is 3.39. The fourth-order valence-electron chi connectivity index (χ4n) is 2.47. The monoisotopic (exact) mass is 284 g/mol. The Kier molecular flexibility index (Phi) is 2.99. The number of hydrogen-bond donors (Lipinski definition) is 2. The summed E-state index contributed by atoms with van der Waals surface area (Å²) in [6, 6.07) is 12.8. The Labute approximate surface area is 121 Å². The second-order valence-electron chi connectivity index (χ2n) is 4.70. The van der Waals surface area contributed by atoms with Crippen molar-refractivity contribution < 1.29 is 4.79 Å². The van der Waals surface area contributed by atoms with Gasteiger partial charge in [0.25, 0.3) is 0 Å². The lowest BCUT2D eigenvalue weighted by Crippen LogP contribution is -2.07. The number of anilines is 1.